The minimum absolute atomic E-state index is 0.761. The maximum atomic E-state index is 5.42. The van der Waals surface area contributed by atoms with Crippen molar-refractivity contribution in [2.75, 3.05) is 62.4 Å². The number of morpholine rings is 2. The van der Waals surface area contributed by atoms with Crippen molar-refractivity contribution in [1.82, 2.24) is 9.97 Å². The Balaban J connectivity index is 1.59. The van der Waals surface area contributed by atoms with E-state index < -0.39 is 0 Å². The average Bonchev–Trinajstić information content (AvgIpc) is 2.70. The lowest BCUT2D eigenvalue weighted by Crippen LogP contribution is -2.37. The van der Waals surface area contributed by atoms with E-state index in [0.717, 1.165) is 75.6 Å². The van der Waals surface area contributed by atoms with Crippen LogP contribution in [-0.4, -0.2) is 62.6 Å². The number of nitrogens with zero attached hydrogens (tertiary/aromatic N) is 4. The first-order valence-corrected chi connectivity index (χ1v) is 8.50. The summed E-state index contributed by atoms with van der Waals surface area (Å²) in [6.45, 7) is 6.59. The molecule has 0 radical (unpaired) electrons. The summed E-state index contributed by atoms with van der Waals surface area (Å²) in [5.41, 5.74) is 1.82. The fourth-order valence-electron chi connectivity index (χ4n) is 3.07. The molecule has 2 aromatic heterocycles. The van der Waals surface area contributed by atoms with Gasteiger partial charge < -0.3 is 19.3 Å². The van der Waals surface area contributed by atoms with Gasteiger partial charge in [-0.15, -0.1) is 0 Å². The number of pyridine rings is 2. The van der Waals surface area contributed by atoms with E-state index in [1.165, 1.54) is 0 Å². The third kappa shape index (κ3) is 3.34. The van der Waals surface area contributed by atoms with Crippen LogP contribution in [0.4, 0.5) is 11.6 Å². The van der Waals surface area contributed by atoms with Crippen molar-refractivity contribution in [1.29, 1.82) is 0 Å². The predicted octanol–water partition coefficient (Wildman–Crippen LogP) is 1.82. The molecule has 2 aliphatic rings. The number of rotatable bonds is 3. The summed E-state index contributed by atoms with van der Waals surface area (Å²) in [4.78, 5) is 14.2. The van der Waals surface area contributed by atoms with E-state index in [0.29, 0.717) is 0 Å². The Hall–Kier alpha value is -2.18. The van der Waals surface area contributed by atoms with Crippen molar-refractivity contribution in [3.05, 3.63) is 36.4 Å². The number of hydrogen-bond acceptors (Lipinski definition) is 6. The Morgan fingerprint density at radius 3 is 1.46 bits per heavy atom. The second kappa shape index (κ2) is 7.15. The van der Waals surface area contributed by atoms with Crippen molar-refractivity contribution in [3.8, 4) is 11.4 Å². The third-order valence-corrected chi connectivity index (χ3v) is 4.40. The van der Waals surface area contributed by atoms with Gasteiger partial charge in [0, 0.05) is 26.2 Å². The Bertz CT molecular complexity index is 623. The summed E-state index contributed by atoms with van der Waals surface area (Å²) < 4.78 is 10.8. The first kappa shape index (κ1) is 15.4. The molecule has 0 amide bonds. The summed E-state index contributed by atoms with van der Waals surface area (Å²) in [5, 5.41) is 0. The zero-order valence-electron chi connectivity index (χ0n) is 13.7. The first-order chi connectivity index (χ1) is 11.9. The molecule has 126 valence electrons. The average molecular weight is 326 g/mol. The molecular weight excluding hydrogens is 304 g/mol. The molecule has 2 aromatic rings. The van der Waals surface area contributed by atoms with Gasteiger partial charge in [0.05, 0.1) is 37.8 Å². The fraction of sp³-hybridized carbons (Fsp3) is 0.444. The molecule has 6 heteroatoms. The Morgan fingerprint density at radius 1 is 0.625 bits per heavy atom. The second-order valence-corrected chi connectivity index (χ2v) is 5.96. The molecule has 0 bridgehead atoms. The van der Waals surface area contributed by atoms with Crippen molar-refractivity contribution >= 4 is 11.6 Å². The largest absolute Gasteiger partial charge is 0.378 e. The first-order valence-electron chi connectivity index (χ1n) is 8.50. The highest BCUT2D eigenvalue weighted by molar-refractivity contribution is 5.60. The second-order valence-electron chi connectivity index (χ2n) is 5.96. The molecule has 0 unspecified atom stereocenters. The normalized spacial score (nSPS) is 18.7. The van der Waals surface area contributed by atoms with Crippen molar-refractivity contribution in [3.63, 3.8) is 0 Å². The minimum atomic E-state index is 0.761. The topological polar surface area (TPSA) is 50.7 Å². The van der Waals surface area contributed by atoms with Gasteiger partial charge in [0.25, 0.3) is 0 Å². The van der Waals surface area contributed by atoms with Crippen LogP contribution < -0.4 is 9.80 Å². The highest BCUT2D eigenvalue weighted by Gasteiger charge is 2.15. The zero-order valence-corrected chi connectivity index (χ0v) is 13.7. The van der Waals surface area contributed by atoms with Gasteiger partial charge in [-0.3, -0.25) is 0 Å². The molecule has 2 saturated heterocycles. The highest BCUT2D eigenvalue weighted by atomic mass is 16.5. The molecule has 0 aliphatic carbocycles. The van der Waals surface area contributed by atoms with E-state index in [1.807, 2.05) is 12.1 Å². The molecule has 4 rings (SSSR count). The van der Waals surface area contributed by atoms with Crippen LogP contribution in [0.2, 0.25) is 0 Å². The van der Waals surface area contributed by atoms with Crippen LogP contribution in [0.15, 0.2) is 36.4 Å². The lowest BCUT2D eigenvalue weighted by molar-refractivity contribution is 0.122. The van der Waals surface area contributed by atoms with E-state index in [1.54, 1.807) is 0 Å². The Morgan fingerprint density at radius 2 is 1.04 bits per heavy atom. The number of hydrogen-bond donors (Lipinski definition) is 0. The SMILES string of the molecule is c1cc(-c2cccc(N3CCOCC3)n2)nc(N2CCOCC2)c1. The molecule has 2 fully saturated rings. The van der Waals surface area contributed by atoms with Crippen LogP contribution in [0.1, 0.15) is 0 Å². The van der Waals surface area contributed by atoms with Gasteiger partial charge in [-0.25, -0.2) is 9.97 Å². The van der Waals surface area contributed by atoms with Crippen molar-refractivity contribution in [2.45, 2.75) is 0 Å². The van der Waals surface area contributed by atoms with Gasteiger partial charge in [0.15, 0.2) is 0 Å². The number of aromatic nitrogens is 2. The van der Waals surface area contributed by atoms with Crippen LogP contribution >= 0.6 is 0 Å². The van der Waals surface area contributed by atoms with E-state index >= 15 is 0 Å². The third-order valence-electron chi connectivity index (χ3n) is 4.40. The van der Waals surface area contributed by atoms with Gasteiger partial charge in [0.2, 0.25) is 0 Å². The van der Waals surface area contributed by atoms with Gasteiger partial charge in [0.1, 0.15) is 11.6 Å². The van der Waals surface area contributed by atoms with E-state index in [-0.39, 0.29) is 0 Å². The molecular formula is C18H22N4O2. The van der Waals surface area contributed by atoms with E-state index in [4.69, 9.17) is 19.4 Å². The smallest absolute Gasteiger partial charge is 0.129 e. The maximum absolute atomic E-state index is 5.42. The highest BCUT2D eigenvalue weighted by Crippen LogP contribution is 2.22. The summed E-state index contributed by atoms with van der Waals surface area (Å²) >= 11 is 0. The molecule has 0 N–H and O–H groups in total. The summed E-state index contributed by atoms with van der Waals surface area (Å²) in [7, 11) is 0. The van der Waals surface area contributed by atoms with Gasteiger partial charge in [-0.1, -0.05) is 12.1 Å². The summed E-state index contributed by atoms with van der Waals surface area (Å²) in [5.74, 6) is 1.99. The molecule has 0 aromatic carbocycles. The lowest BCUT2D eigenvalue weighted by Gasteiger charge is -2.28. The van der Waals surface area contributed by atoms with Crippen LogP contribution in [0, 0.1) is 0 Å². The maximum Gasteiger partial charge on any atom is 0.129 e. The standard InChI is InChI=1S/C18H22N4O2/c1-3-15(19-17(5-1)21-7-11-23-12-8-21)16-4-2-6-18(20-16)22-9-13-24-14-10-22/h1-6H,7-14H2. The van der Waals surface area contributed by atoms with Crippen LogP contribution in [0.25, 0.3) is 11.4 Å². The van der Waals surface area contributed by atoms with Crippen molar-refractivity contribution < 1.29 is 9.47 Å². The van der Waals surface area contributed by atoms with Crippen LogP contribution in [0.3, 0.4) is 0 Å². The monoisotopic (exact) mass is 326 g/mol. The molecule has 24 heavy (non-hydrogen) atoms. The summed E-state index contributed by atoms with van der Waals surface area (Å²) in [6.07, 6.45) is 0. The Labute approximate surface area is 142 Å². The van der Waals surface area contributed by atoms with E-state index in [2.05, 4.69) is 34.1 Å². The molecule has 4 heterocycles. The molecule has 2 aliphatic heterocycles. The van der Waals surface area contributed by atoms with Crippen LogP contribution in [0.5, 0.6) is 0 Å². The lowest BCUT2D eigenvalue weighted by atomic mass is 10.2. The molecule has 6 nitrogen and oxygen atoms in total. The molecule has 0 spiro atoms. The summed E-state index contributed by atoms with van der Waals surface area (Å²) in [6, 6.07) is 12.3. The quantitative estimate of drug-likeness (QED) is 0.857. The zero-order chi connectivity index (χ0) is 16.2. The minimum Gasteiger partial charge on any atom is -0.378 e. The van der Waals surface area contributed by atoms with Gasteiger partial charge >= 0.3 is 0 Å². The predicted molar refractivity (Wildman–Crippen MR) is 93.5 cm³/mol. The van der Waals surface area contributed by atoms with Crippen LogP contribution in [-0.2, 0) is 9.47 Å². The van der Waals surface area contributed by atoms with Gasteiger partial charge in [-0.05, 0) is 24.3 Å². The van der Waals surface area contributed by atoms with E-state index in [9.17, 15) is 0 Å². The fourth-order valence-corrected chi connectivity index (χ4v) is 3.07. The number of anilines is 2. The Kier molecular flexibility index (Phi) is 4.57. The molecule has 0 atom stereocenters. The number of ether oxygens (including phenoxy) is 2. The van der Waals surface area contributed by atoms with Gasteiger partial charge in [-0.2, -0.15) is 0 Å². The van der Waals surface area contributed by atoms with Crippen molar-refractivity contribution in [2.24, 2.45) is 0 Å². The molecule has 0 saturated carbocycles.